The van der Waals surface area contributed by atoms with Crippen LogP contribution >= 0.6 is 0 Å². The number of hydrogen-bond acceptors (Lipinski definition) is 3. The van der Waals surface area contributed by atoms with Crippen molar-refractivity contribution in [1.82, 2.24) is 4.98 Å². The summed E-state index contributed by atoms with van der Waals surface area (Å²) in [6, 6.07) is 13.4. The van der Waals surface area contributed by atoms with Gasteiger partial charge in [-0.05, 0) is 31.2 Å². The van der Waals surface area contributed by atoms with E-state index in [4.69, 9.17) is 5.73 Å². The summed E-state index contributed by atoms with van der Waals surface area (Å²) in [6.07, 6.45) is 1.75. The molecule has 3 heteroatoms. The first-order valence-electron chi connectivity index (χ1n) is 5.41. The summed E-state index contributed by atoms with van der Waals surface area (Å²) in [6.45, 7) is 5.91. The zero-order valence-corrected chi connectivity index (χ0v) is 9.80. The monoisotopic (exact) mass is 225 g/mol. The van der Waals surface area contributed by atoms with Crippen LogP contribution in [0.2, 0.25) is 0 Å². The number of nitrogen functional groups attached to an aromatic ring is 1. The molecule has 0 spiro atoms. The van der Waals surface area contributed by atoms with Crippen LogP contribution in [0.1, 0.15) is 6.92 Å². The molecule has 0 bridgehead atoms. The van der Waals surface area contributed by atoms with E-state index in [1.165, 1.54) is 0 Å². The Balaban J connectivity index is 2.51. The zero-order valence-electron chi connectivity index (χ0n) is 9.80. The Kier molecular flexibility index (Phi) is 3.10. The Morgan fingerprint density at radius 2 is 1.88 bits per heavy atom. The van der Waals surface area contributed by atoms with Gasteiger partial charge in [-0.3, -0.25) is 4.90 Å². The van der Waals surface area contributed by atoms with Crippen molar-refractivity contribution in [3.05, 3.63) is 60.9 Å². The molecule has 3 nitrogen and oxygen atoms in total. The zero-order chi connectivity index (χ0) is 12.3. The average molecular weight is 225 g/mol. The second-order valence-corrected chi connectivity index (χ2v) is 3.82. The largest absolute Gasteiger partial charge is 0.397 e. The number of hydrogen-bond donors (Lipinski definition) is 1. The summed E-state index contributed by atoms with van der Waals surface area (Å²) in [5.74, 6) is 0.818. The molecule has 0 fully saturated rings. The van der Waals surface area contributed by atoms with Crippen LogP contribution < -0.4 is 10.6 Å². The summed E-state index contributed by atoms with van der Waals surface area (Å²) < 4.78 is 0. The summed E-state index contributed by atoms with van der Waals surface area (Å²) in [5, 5.41) is 0. The number of rotatable bonds is 3. The number of anilines is 3. The van der Waals surface area contributed by atoms with Crippen LogP contribution in [0, 0.1) is 0 Å². The fourth-order valence-electron chi connectivity index (χ4n) is 1.70. The number of aromatic nitrogens is 1. The van der Waals surface area contributed by atoms with Gasteiger partial charge in [0.1, 0.15) is 5.82 Å². The predicted molar refractivity (Wildman–Crippen MR) is 72.0 cm³/mol. The molecule has 2 rings (SSSR count). The maximum Gasteiger partial charge on any atom is 0.137 e. The highest BCUT2D eigenvalue weighted by Gasteiger charge is 2.12. The summed E-state index contributed by atoms with van der Waals surface area (Å²) in [7, 11) is 0. The number of nitrogens with zero attached hydrogens (tertiary/aromatic N) is 2. The van der Waals surface area contributed by atoms with Crippen molar-refractivity contribution in [3.63, 3.8) is 0 Å². The normalized spacial score (nSPS) is 9.94. The van der Waals surface area contributed by atoms with Gasteiger partial charge in [0.05, 0.1) is 11.4 Å². The van der Waals surface area contributed by atoms with Crippen molar-refractivity contribution in [2.75, 3.05) is 10.6 Å². The highest BCUT2D eigenvalue weighted by molar-refractivity contribution is 5.76. The van der Waals surface area contributed by atoms with Crippen molar-refractivity contribution in [3.8, 4) is 0 Å². The molecule has 0 aliphatic carbocycles. The fraction of sp³-hybridized carbons (Fsp3) is 0.0714. The van der Waals surface area contributed by atoms with E-state index in [0.29, 0.717) is 5.69 Å². The Labute approximate surface area is 101 Å². The molecule has 0 amide bonds. The lowest BCUT2D eigenvalue weighted by Crippen LogP contribution is -2.16. The van der Waals surface area contributed by atoms with Gasteiger partial charge in [0, 0.05) is 11.9 Å². The van der Waals surface area contributed by atoms with Crippen LogP contribution in [0.5, 0.6) is 0 Å². The molecule has 0 radical (unpaired) electrons. The van der Waals surface area contributed by atoms with Crippen LogP contribution in [0.4, 0.5) is 17.2 Å². The van der Waals surface area contributed by atoms with E-state index in [1.54, 1.807) is 6.20 Å². The van der Waals surface area contributed by atoms with Gasteiger partial charge in [0.25, 0.3) is 0 Å². The summed E-state index contributed by atoms with van der Waals surface area (Å²) in [5.41, 5.74) is 8.47. The van der Waals surface area contributed by atoms with Crippen molar-refractivity contribution < 1.29 is 0 Å². The smallest absolute Gasteiger partial charge is 0.137 e. The molecule has 86 valence electrons. The van der Waals surface area contributed by atoms with E-state index in [9.17, 15) is 0 Å². The predicted octanol–water partition coefficient (Wildman–Crippen LogP) is 3.34. The fourth-order valence-corrected chi connectivity index (χ4v) is 1.70. The lowest BCUT2D eigenvalue weighted by atomic mass is 10.2. The third kappa shape index (κ3) is 2.28. The van der Waals surface area contributed by atoms with Crippen molar-refractivity contribution in [2.45, 2.75) is 6.92 Å². The van der Waals surface area contributed by atoms with Crippen LogP contribution in [0.3, 0.4) is 0 Å². The lowest BCUT2D eigenvalue weighted by molar-refractivity contribution is 1.11. The Morgan fingerprint density at radius 3 is 2.47 bits per heavy atom. The number of pyridine rings is 1. The molecule has 2 N–H and O–H groups in total. The SMILES string of the molecule is C=C(C)N(c1ccccn1)c1ccccc1N. The van der Waals surface area contributed by atoms with E-state index in [1.807, 2.05) is 54.3 Å². The molecule has 1 heterocycles. The highest BCUT2D eigenvalue weighted by atomic mass is 15.2. The second kappa shape index (κ2) is 4.70. The maximum atomic E-state index is 5.99. The molecular formula is C14H15N3. The van der Waals surface area contributed by atoms with Gasteiger partial charge < -0.3 is 5.73 Å². The number of benzene rings is 1. The van der Waals surface area contributed by atoms with Gasteiger partial charge in [-0.1, -0.05) is 24.8 Å². The van der Waals surface area contributed by atoms with Crippen molar-refractivity contribution >= 4 is 17.2 Å². The van der Waals surface area contributed by atoms with Crippen LogP contribution in [0.15, 0.2) is 60.9 Å². The minimum absolute atomic E-state index is 0.709. The van der Waals surface area contributed by atoms with E-state index < -0.39 is 0 Å². The summed E-state index contributed by atoms with van der Waals surface area (Å²) in [4.78, 5) is 6.27. The molecule has 0 aliphatic rings. The topological polar surface area (TPSA) is 42.2 Å². The van der Waals surface area contributed by atoms with Crippen LogP contribution in [0.25, 0.3) is 0 Å². The molecule has 1 aromatic heterocycles. The molecule has 0 saturated carbocycles. The number of allylic oxidation sites excluding steroid dienone is 1. The van der Waals surface area contributed by atoms with Gasteiger partial charge >= 0.3 is 0 Å². The number of nitrogens with two attached hydrogens (primary N) is 1. The Morgan fingerprint density at radius 1 is 1.18 bits per heavy atom. The minimum Gasteiger partial charge on any atom is -0.397 e. The highest BCUT2D eigenvalue weighted by Crippen LogP contribution is 2.31. The first kappa shape index (κ1) is 11.2. The van der Waals surface area contributed by atoms with Gasteiger partial charge in [-0.25, -0.2) is 4.98 Å². The molecule has 0 saturated heterocycles. The number of para-hydroxylation sites is 2. The minimum atomic E-state index is 0.709. The quantitative estimate of drug-likeness (QED) is 0.815. The van der Waals surface area contributed by atoms with E-state index in [2.05, 4.69) is 11.6 Å². The maximum absolute atomic E-state index is 5.99. The Hall–Kier alpha value is -2.29. The Bertz CT molecular complexity index is 520. The van der Waals surface area contributed by atoms with Gasteiger partial charge in [-0.15, -0.1) is 0 Å². The summed E-state index contributed by atoms with van der Waals surface area (Å²) >= 11 is 0. The first-order valence-corrected chi connectivity index (χ1v) is 5.41. The molecule has 0 aliphatic heterocycles. The molecule has 17 heavy (non-hydrogen) atoms. The standard InChI is InChI=1S/C14H15N3/c1-11(2)17(14-9-5-6-10-16-14)13-8-4-3-7-12(13)15/h3-10H,1,15H2,2H3. The third-order valence-electron chi connectivity index (χ3n) is 2.44. The van der Waals surface area contributed by atoms with Crippen LogP contribution in [-0.4, -0.2) is 4.98 Å². The van der Waals surface area contributed by atoms with E-state index in [-0.39, 0.29) is 0 Å². The molecular weight excluding hydrogens is 210 g/mol. The second-order valence-electron chi connectivity index (χ2n) is 3.82. The van der Waals surface area contributed by atoms with Gasteiger partial charge in [0.2, 0.25) is 0 Å². The van der Waals surface area contributed by atoms with E-state index in [0.717, 1.165) is 17.2 Å². The lowest BCUT2D eigenvalue weighted by Gasteiger charge is -2.24. The van der Waals surface area contributed by atoms with E-state index >= 15 is 0 Å². The average Bonchev–Trinajstić information content (AvgIpc) is 2.33. The molecule has 0 atom stereocenters. The molecule has 2 aromatic rings. The third-order valence-corrected chi connectivity index (χ3v) is 2.44. The van der Waals surface area contributed by atoms with Crippen LogP contribution in [-0.2, 0) is 0 Å². The van der Waals surface area contributed by atoms with Crippen molar-refractivity contribution in [1.29, 1.82) is 0 Å². The van der Waals surface area contributed by atoms with Gasteiger partial charge in [0.15, 0.2) is 0 Å². The first-order chi connectivity index (χ1) is 8.20. The van der Waals surface area contributed by atoms with Crippen molar-refractivity contribution in [2.24, 2.45) is 0 Å². The molecule has 1 aromatic carbocycles. The molecule has 0 unspecified atom stereocenters. The van der Waals surface area contributed by atoms with Gasteiger partial charge in [-0.2, -0.15) is 0 Å².